The molecule has 0 bridgehead atoms. The Labute approximate surface area is 288 Å². The van der Waals surface area contributed by atoms with Crippen LogP contribution in [-0.2, 0) is 4.74 Å². The predicted octanol–water partition coefficient (Wildman–Crippen LogP) is 16.6. The molecule has 272 valence electrons. The van der Waals surface area contributed by atoms with E-state index in [-0.39, 0.29) is 0 Å². The van der Waals surface area contributed by atoms with Crippen molar-refractivity contribution in [3.63, 3.8) is 0 Å². The second kappa shape index (κ2) is 40.1. The van der Waals surface area contributed by atoms with Crippen LogP contribution >= 0.6 is 0 Å². The molecule has 0 N–H and O–H groups in total. The Morgan fingerprint density at radius 1 is 0.222 bits per heavy atom. The van der Waals surface area contributed by atoms with Crippen molar-refractivity contribution in [3.05, 3.63) is 0 Å². The molecule has 0 fully saturated rings. The minimum absolute atomic E-state index is 0.519. The van der Waals surface area contributed by atoms with Gasteiger partial charge in [0.05, 0.1) is 12.2 Å². The predicted molar refractivity (Wildman–Crippen MR) is 207 cm³/mol. The maximum Gasteiger partial charge on any atom is 0.0578 e. The first-order valence-electron chi connectivity index (χ1n) is 21.9. The van der Waals surface area contributed by atoms with Gasteiger partial charge in [-0.05, 0) is 25.7 Å². The number of hydrogen-bond donors (Lipinski definition) is 0. The minimum atomic E-state index is 0.519. The van der Waals surface area contributed by atoms with E-state index in [0.29, 0.717) is 12.2 Å². The van der Waals surface area contributed by atoms with E-state index in [1.807, 2.05) is 0 Å². The Morgan fingerprint density at radius 3 is 0.622 bits per heavy atom. The summed E-state index contributed by atoms with van der Waals surface area (Å²) in [6, 6.07) is 0. The highest BCUT2D eigenvalue weighted by molar-refractivity contribution is 4.66. The smallest absolute Gasteiger partial charge is 0.0578 e. The lowest BCUT2D eigenvalue weighted by Crippen LogP contribution is -2.23. The summed E-state index contributed by atoms with van der Waals surface area (Å²) in [6.45, 7) is 9.31. The van der Waals surface area contributed by atoms with Crippen LogP contribution in [0.1, 0.15) is 272 Å². The Hall–Kier alpha value is -0.0400. The highest BCUT2D eigenvalue weighted by Crippen LogP contribution is 2.23. The van der Waals surface area contributed by atoms with Crippen LogP contribution < -0.4 is 0 Å². The van der Waals surface area contributed by atoms with E-state index < -0.39 is 0 Å². The summed E-state index contributed by atoms with van der Waals surface area (Å²) in [5, 5.41) is 0. The third-order valence-corrected chi connectivity index (χ3v) is 10.4. The fourth-order valence-electron chi connectivity index (χ4n) is 7.18. The molecule has 0 spiro atoms. The Morgan fingerprint density at radius 2 is 0.400 bits per heavy atom. The van der Waals surface area contributed by atoms with Crippen LogP contribution in [0.15, 0.2) is 0 Å². The fourth-order valence-corrected chi connectivity index (χ4v) is 7.18. The standard InChI is InChI=1S/C44H90O/c1-5-9-13-15-17-19-21-23-25-27-29-31-33-35-37-41-43(39-11-7-3)45-44(40-12-8-4)42-38-36-34-32-30-28-26-24-22-20-18-16-14-10-6-2/h43-44H,5-42H2,1-4H3. The van der Waals surface area contributed by atoms with Gasteiger partial charge in [-0.1, -0.05) is 246 Å². The maximum absolute atomic E-state index is 6.89. The summed E-state index contributed by atoms with van der Waals surface area (Å²) in [5.74, 6) is 0. The second-order valence-corrected chi connectivity index (χ2v) is 15.1. The van der Waals surface area contributed by atoms with E-state index in [0.717, 1.165) is 0 Å². The monoisotopic (exact) mass is 635 g/mol. The molecule has 0 rings (SSSR count). The van der Waals surface area contributed by atoms with Crippen molar-refractivity contribution in [2.75, 3.05) is 0 Å². The largest absolute Gasteiger partial charge is 0.375 e. The molecule has 0 aliphatic heterocycles. The van der Waals surface area contributed by atoms with Crippen LogP contribution in [-0.4, -0.2) is 12.2 Å². The van der Waals surface area contributed by atoms with Gasteiger partial charge >= 0.3 is 0 Å². The normalized spacial score (nSPS) is 13.1. The molecule has 2 unspecified atom stereocenters. The van der Waals surface area contributed by atoms with Crippen molar-refractivity contribution < 1.29 is 4.74 Å². The molecular formula is C44H90O. The van der Waals surface area contributed by atoms with E-state index in [9.17, 15) is 0 Å². The van der Waals surface area contributed by atoms with Gasteiger partial charge < -0.3 is 4.74 Å². The van der Waals surface area contributed by atoms with Crippen LogP contribution in [0.4, 0.5) is 0 Å². The van der Waals surface area contributed by atoms with Crippen molar-refractivity contribution in [2.45, 2.75) is 284 Å². The summed E-state index contributed by atoms with van der Waals surface area (Å²) in [5.41, 5.74) is 0. The summed E-state index contributed by atoms with van der Waals surface area (Å²) >= 11 is 0. The average Bonchev–Trinajstić information content (AvgIpc) is 3.05. The summed E-state index contributed by atoms with van der Waals surface area (Å²) < 4.78 is 6.89. The molecule has 0 aromatic heterocycles. The van der Waals surface area contributed by atoms with Crippen LogP contribution in [0.5, 0.6) is 0 Å². The lowest BCUT2D eigenvalue weighted by molar-refractivity contribution is -0.0321. The van der Waals surface area contributed by atoms with Crippen molar-refractivity contribution >= 4 is 0 Å². The summed E-state index contributed by atoms with van der Waals surface area (Å²) in [4.78, 5) is 0. The third kappa shape index (κ3) is 36.6. The topological polar surface area (TPSA) is 9.23 Å². The van der Waals surface area contributed by atoms with Gasteiger partial charge in [0, 0.05) is 0 Å². The molecule has 0 saturated carbocycles. The van der Waals surface area contributed by atoms with Crippen molar-refractivity contribution in [2.24, 2.45) is 0 Å². The van der Waals surface area contributed by atoms with Gasteiger partial charge in [0.25, 0.3) is 0 Å². The Bertz CT molecular complexity index is 457. The van der Waals surface area contributed by atoms with Gasteiger partial charge in [0.15, 0.2) is 0 Å². The molecule has 0 aromatic carbocycles. The fraction of sp³-hybridized carbons (Fsp3) is 1.00. The van der Waals surface area contributed by atoms with Crippen LogP contribution in [0.2, 0.25) is 0 Å². The Balaban J connectivity index is 3.90. The van der Waals surface area contributed by atoms with E-state index in [1.165, 1.54) is 244 Å². The average molecular weight is 635 g/mol. The quantitative estimate of drug-likeness (QED) is 0.0609. The van der Waals surface area contributed by atoms with Crippen LogP contribution in [0.25, 0.3) is 0 Å². The summed E-state index contributed by atoms with van der Waals surface area (Å²) in [6.07, 6.45) is 55.0. The molecule has 0 aliphatic rings. The highest BCUT2D eigenvalue weighted by atomic mass is 16.5. The lowest BCUT2D eigenvalue weighted by atomic mass is 10.0. The van der Waals surface area contributed by atoms with Crippen molar-refractivity contribution in [3.8, 4) is 0 Å². The zero-order valence-corrected chi connectivity index (χ0v) is 32.4. The van der Waals surface area contributed by atoms with E-state index in [1.54, 1.807) is 0 Å². The van der Waals surface area contributed by atoms with Gasteiger partial charge in [0.1, 0.15) is 0 Å². The molecule has 1 heteroatoms. The molecular weight excluding hydrogens is 544 g/mol. The molecule has 2 atom stereocenters. The molecule has 0 aliphatic carbocycles. The van der Waals surface area contributed by atoms with Gasteiger partial charge in [0.2, 0.25) is 0 Å². The summed E-state index contributed by atoms with van der Waals surface area (Å²) in [7, 11) is 0. The zero-order chi connectivity index (χ0) is 32.7. The first-order valence-corrected chi connectivity index (χ1v) is 21.9. The van der Waals surface area contributed by atoms with Crippen molar-refractivity contribution in [1.29, 1.82) is 0 Å². The van der Waals surface area contributed by atoms with E-state index in [4.69, 9.17) is 4.74 Å². The van der Waals surface area contributed by atoms with Gasteiger partial charge in [-0.3, -0.25) is 0 Å². The van der Waals surface area contributed by atoms with Gasteiger partial charge in [-0.25, -0.2) is 0 Å². The number of hydrogen-bond acceptors (Lipinski definition) is 1. The van der Waals surface area contributed by atoms with Crippen molar-refractivity contribution in [1.82, 2.24) is 0 Å². The molecule has 1 nitrogen and oxygen atoms in total. The van der Waals surface area contributed by atoms with Crippen LogP contribution in [0, 0.1) is 0 Å². The molecule has 0 radical (unpaired) electrons. The van der Waals surface area contributed by atoms with E-state index >= 15 is 0 Å². The van der Waals surface area contributed by atoms with Gasteiger partial charge in [-0.2, -0.15) is 0 Å². The third-order valence-electron chi connectivity index (χ3n) is 10.4. The molecule has 0 amide bonds. The SMILES string of the molecule is CCCCCCCCCCCCCCCCCC(CCCC)OC(CCCC)CCCCCCCCCCCCCCCCC. The van der Waals surface area contributed by atoms with Crippen LogP contribution in [0.3, 0.4) is 0 Å². The molecule has 45 heavy (non-hydrogen) atoms. The first kappa shape index (κ1) is 45.0. The highest BCUT2D eigenvalue weighted by Gasteiger charge is 2.16. The molecule has 0 aromatic rings. The second-order valence-electron chi connectivity index (χ2n) is 15.1. The zero-order valence-electron chi connectivity index (χ0n) is 32.4. The Kier molecular flexibility index (Phi) is 40.1. The maximum atomic E-state index is 6.89. The minimum Gasteiger partial charge on any atom is -0.375 e. The number of rotatable bonds is 40. The lowest BCUT2D eigenvalue weighted by Gasteiger charge is -2.25. The molecule has 0 saturated heterocycles. The number of ether oxygens (including phenoxy) is 1. The molecule has 0 heterocycles. The first-order chi connectivity index (χ1) is 22.3. The van der Waals surface area contributed by atoms with Gasteiger partial charge in [-0.15, -0.1) is 0 Å². The number of unbranched alkanes of at least 4 members (excludes halogenated alkanes) is 30. The van der Waals surface area contributed by atoms with E-state index in [2.05, 4.69) is 27.7 Å².